The van der Waals surface area contributed by atoms with Gasteiger partial charge in [0.25, 0.3) is 0 Å². The van der Waals surface area contributed by atoms with E-state index in [1.807, 2.05) is 0 Å². The van der Waals surface area contributed by atoms with Crippen LogP contribution >= 0.6 is 11.8 Å². The van der Waals surface area contributed by atoms with Crippen molar-refractivity contribution >= 4 is 17.4 Å². The first kappa shape index (κ1) is 14.5. The average molecular weight is 297 g/mol. The molecule has 0 saturated heterocycles. The van der Waals surface area contributed by atoms with Crippen LogP contribution in [0.3, 0.4) is 0 Å². The van der Waals surface area contributed by atoms with Crippen LogP contribution in [0.4, 0.5) is 5.69 Å². The molecule has 0 radical (unpaired) electrons. The molecule has 2 unspecified atom stereocenters. The van der Waals surface area contributed by atoms with Crippen LogP contribution in [0.1, 0.15) is 37.2 Å². The van der Waals surface area contributed by atoms with E-state index in [4.69, 9.17) is 0 Å². The molecule has 110 valence electrons. The van der Waals surface area contributed by atoms with Crippen molar-refractivity contribution in [3.05, 3.63) is 60.2 Å². The second kappa shape index (κ2) is 7.04. The molecule has 1 aliphatic rings. The van der Waals surface area contributed by atoms with Gasteiger partial charge in [0, 0.05) is 22.5 Å². The van der Waals surface area contributed by atoms with Gasteiger partial charge in [-0.2, -0.15) is 0 Å². The van der Waals surface area contributed by atoms with Crippen molar-refractivity contribution in [1.82, 2.24) is 0 Å². The van der Waals surface area contributed by atoms with Crippen molar-refractivity contribution in [2.75, 3.05) is 11.6 Å². The molecule has 2 aromatic rings. The van der Waals surface area contributed by atoms with Gasteiger partial charge in [-0.05, 0) is 42.9 Å². The van der Waals surface area contributed by atoms with E-state index in [1.54, 1.807) is 11.8 Å². The Bertz CT molecular complexity index is 567. The molecule has 1 fully saturated rings. The minimum Gasteiger partial charge on any atom is -0.382 e. The van der Waals surface area contributed by atoms with Crippen molar-refractivity contribution in [3.8, 4) is 0 Å². The maximum Gasteiger partial charge on any atom is 0.0353 e. The van der Waals surface area contributed by atoms with Gasteiger partial charge >= 0.3 is 0 Å². The van der Waals surface area contributed by atoms with Crippen molar-refractivity contribution in [3.63, 3.8) is 0 Å². The van der Waals surface area contributed by atoms with Gasteiger partial charge < -0.3 is 5.32 Å². The van der Waals surface area contributed by atoms with Crippen molar-refractivity contribution in [1.29, 1.82) is 0 Å². The highest BCUT2D eigenvalue weighted by Crippen LogP contribution is 2.35. The lowest BCUT2D eigenvalue weighted by Gasteiger charge is -2.33. The first-order valence-electron chi connectivity index (χ1n) is 7.82. The van der Waals surface area contributed by atoms with E-state index >= 15 is 0 Å². The average Bonchev–Trinajstić information content (AvgIpc) is 2.56. The van der Waals surface area contributed by atoms with Crippen LogP contribution in [-0.2, 0) is 0 Å². The Balaban J connectivity index is 1.78. The maximum atomic E-state index is 3.79. The SMILES string of the molecule is CSc1cccc(NC2CCCCC2c2ccccc2)c1. The first-order valence-corrected chi connectivity index (χ1v) is 9.05. The molecule has 0 aromatic heterocycles. The third-order valence-electron chi connectivity index (χ3n) is 4.42. The quantitative estimate of drug-likeness (QED) is 0.743. The minimum absolute atomic E-state index is 0.554. The highest BCUT2D eigenvalue weighted by Gasteiger charge is 2.26. The Morgan fingerprint density at radius 2 is 1.76 bits per heavy atom. The lowest BCUT2D eigenvalue weighted by Crippen LogP contribution is -2.30. The molecule has 1 N–H and O–H groups in total. The Hall–Kier alpha value is -1.41. The van der Waals surface area contributed by atoms with Gasteiger partial charge in [0.05, 0.1) is 0 Å². The van der Waals surface area contributed by atoms with Crippen LogP contribution in [0.15, 0.2) is 59.5 Å². The van der Waals surface area contributed by atoms with Crippen LogP contribution in [-0.4, -0.2) is 12.3 Å². The summed E-state index contributed by atoms with van der Waals surface area (Å²) in [6.45, 7) is 0. The summed E-state index contributed by atoms with van der Waals surface area (Å²) >= 11 is 1.80. The summed E-state index contributed by atoms with van der Waals surface area (Å²) in [5, 5.41) is 3.79. The van der Waals surface area contributed by atoms with E-state index in [0.29, 0.717) is 12.0 Å². The van der Waals surface area contributed by atoms with Gasteiger partial charge in [0.1, 0.15) is 0 Å². The number of thioether (sulfide) groups is 1. The molecule has 1 saturated carbocycles. The molecular weight excluding hydrogens is 274 g/mol. The Morgan fingerprint density at radius 1 is 0.952 bits per heavy atom. The molecule has 1 aliphatic carbocycles. The topological polar surface area (TPSA) is 12.0 Å². The zero-order chi connectivity index (χ0) is 14.5. The molecule has 2 atom stereocenters. The highest BCUT2D eigenvalue weighted by atomic mass is 32.2. The van der Waals surface area contributed by atoms with E-state index in [2.05, 4.69) is 66.2 Å². The number of hydrogen-bond donors (Lipinski definition) is 1. The standard InChI is InChI=1S/C19H23NS/c1-21-17-11-7-10-16(14-17)20-19-13-6-5-12-18(19)15-8-3-2-4-9-15/h2-4,7-11,14,18-20H,5-6,12-13H2,1H3. The monoisotopic (exact) mass is 297 g/mol. The lowest BCUT2D eigenvalue weighted by atomic mass is 9.80. The number of hydrogen-bond acceptors (Lipinski definition) is 2. The van der Waals surface area contributed by atoms with Crippen molar-refractivity contribution in [2.24, 2.45) is 0 Å². The van der Waals surface area contributed by atoms with Crippen molar-refractivity contribution in [2.45, 2.75) is 42.5 Å². The largest absolute Gasteiger partial charge is 0.382 e. The van der Waals surface area contributed by atoms with Gasteiger partial charge in [-0.3, -0.25) is 0 Å². The van der Waals surface area contributed by atoms with E-state index < -0.39 is 0 Å². The molecule has 0 aliphatic heterocycles. The van der Waals surface area contributed by atoms with Crippen LogP contribution in [0.25, 0.3) is 0 Å². The van der Waals surface area contributed by atoms with Crippen LogP contribution < -0.4 is 5.32 Å². The number of benzene rings is 2. The van der Waals surface area contributed by atoms with Crippen LogP contribution in [0, 0.1) is 0 Å². The van der Waals surface area contributed by atoms with E-state index in [9.17, 15) is 0 Å². The predicted octanol–water partition coefficient (Wildman–Crippen LogP) is 5.55. The summed E-state index contributed by atoms with van der Waals surface area (Å²) < 4.78 is 0. The summed E-state index contributed by atoms with van der Waals surface area (Å²) in [4.78, 5) is 1.33. The molecule has 0 heterocycles. The molecule has 2 heteroatoms. The Kier molecular flexibility index (Phi) is 4.87. The van der Waals surface area contributed by atoms with E-state index in [1.165, 1.54) is 41.8 Å². The Morgan fingerprint density at radius 3 is 2.57 bits per heavy atom. The summed E-state index contributed by atoms with van der Waals surface area (Å²) in [6.07, 6.45) is 7.38. The third-order valence-corrected chi connectivity index (χ3v) is 5.14. The normalized spacial score (nSPS) is 22.0. The van der Waals surface area contributed by atoms with Gasteiger partial charge in [-0.1, -0.05) is 49.2 Å². The third kappa shape index (κ3) is 3.62. The second-order valence-corrected chi connectivity index (χ2v) is 6.66. The zero-order valence-corrected chi connectivity index (χ0v) is 13.4. The van der Waals surface area contributed by atoms with Crippen LogP contribution in [0.2, 0.25) is 0 Å². The van der Waals surface area contributed by atoms with Gasteiger partial charge in [0.15, 0.2) is 0 Å². The summed E-state index contributed by atoms with van der Waals surface area (Å²) in [6, 6.07) is 20.3. The molecule has 21 heavy (non-hydrogen) atoms. The molecule has 0 spiro atoms. The zero-order valence-electron chi connectivity index (χ0n) is 12.6. The van der Waals surface area contributed by atoms with Gasteiger partial charge in [-0.25, -0.2) is 0 Å². The second-order valence-electron chi connectivity index (χ2n) is 5.78. The van der Waals surface area contributed by atoms with Gasteiger partial charge in [-0.15, -0.1) is 11.8 Å². The molecule has 0 bridgehead atoms. The summed E-state index contributed by atoms with van der Waals surface area (Å²) in [5.74, 6) is 0.637. The first-order chi connectivity index (χ1) is 10.4. The smallest absolute Gasteiger partial charge is 0.0353 e. The summed E-state index contributed by atoms with van der Waals surface area (Å²) in [5.41, 5.74) is 2.74. The molecule has 2 aromatic carbocycles. The van der Waals surface area contributed by atoms with Crippen molar-refractivity contribution < 1.29 is 0 Å². The van der Waals surface area contributed by atoms with Crippen LogP contribution in [0.5, 0.6) is 0 Å². The van der Waals surface area contributed by atoms with Gasteiger partial charge in [0.2, 0.25) is 0 Å². The fourth-order valence-electron chi connectivity index (χ4n) is 3.33. The fourth-order valence-corrected chi connectivity index (χ4v) is 3.79. The predicted molar refractivity (Wildman–Crippen MR) is 93.3 cm³/mol. The maximum absolute atomic E-state index is 3.79. The number of nitrogens with one attached hydrogen (secondary N) is 1. The lowest BCUT2D eigenvalue weighted by molar-refractivity contribution is 0.405. The molecule has 3 rings (SSSR count). The number of anilines is 1. The number of rotatable bonds is 4. The minimum atomic E-state index is 0.554. The van der Waals surface area contributed by atoms with E-state index in [0.717, 1.165) is 0 Å². The fraction of sp³-hybridized carbons (Fsp3) is 0.368. The molecule has 1 nitrogen and oxygen atoms in total. The Labute approximate surface area is 132 Å². The highest BCUT2D eigenvalue weighted by molar-refractivity contribution is 7.98. The summed E-state index contributed by atoms with van der Waals surface area (Å²) in [7, 11) is 0. The molecular formula is C19H23NS. The molecule has 0 amide bonds. The van der Waals surface area contributed by atoms with E-state index in [-0.39, 0.29) is 0 Å².